The van der Waals surface area contributed by atoms with Crippen molar-refractivity contribution in [3.05, 3.63) is 35.2 Å². The Hall–Kier alpha value is -1.35. The number of hydrogen-bond donors (Lipinski definition) is 1. The fourth-order valence-corrected chi connectivity index (χ4v) is 1.30. The van der Waals surface area contributed by atoms with Crippen LogP contribution in [0.2, 0.25) is 0 Å². The minimum absolute atomic E-state index is 0.0754. The molecule has 0 spiro atoms. The van der Waals surface area contributed by atoms with Gasteiger partial charge in [-0.25, -0.2) is 9.78 Å². The predicted molar refractivity (Wildman–Crippen MR) is 60.3 cm³/mol. The lowest BCUT2D eigenvalue weighted by Crippen LogP contribution is -2.03. The summed E-state index contributed by atoms with van der Waals surface area (Å²) in [5.41, 5.74) is 1.63. The highest BCUT2D eigenvalue weighted by molar-refractivity contribution is 6.17. The van der Waals surface area contributed by atoms with Crippen molar-refractivity contribution in [1.82, 2.24) is 4.98 Å². The Morgan fingerprint density at radius 1 is 1.67 bits per heavy atom. The summed E-state index contributed by atoms with van der Waals surface area (Å²) in [6.45, 7) is 1.87. The average molecular weight is 226 g/mol. The monoisotopic (exact) mass is 225 g/mol. The first-order valence-electron chi connectivity index (χ1n) is 4.57. The molecule has 1 aromatic heterocycles. The van der Waals surface area contributed by atoms with Crippen molar-refractivity contribution in [2.75, 3.05) is 5.88 Å². The lowest BCUT2D eigenvalue weighted by atomic mass is 10.1. The number of carboxylic acids is 1. The van der Waals surface area contributed by atoms with Gasteiger partial charge in [-0.05, 0) is 25.0 Å². The number of hydrogen-bond acceptors (Lipinski definition) is 2. The molecule has 0 aliphatic carbocycles. The van der Waals surface area contributed by atoms with Crippen LogP contribution in [0.4, 0.5) is 0 Å². The molecular weight excluding hydrogens is 214 g/mol. The van der Waals surface area contributed by atoms with Gasteiger partial charge in [0.05, 0.1) is 0 Å². The fourth-order valence-electron chi connectivity index (χ4n) is 1.17. The van der Waals surface area contributed by atoms with Gasteiger partial charge in [0.25, 0.3) is 0 Å². The molecule has 1 rings (SSSR count). The molecule has 0 aliphatic rings. The van der Waals surface area contributed by atoms with E-state index in [1.165, 1.54) is 0 Å². The summed E-state index contributed by atoms with van der Waals surface area (Å²) in [6, 6.07) is 1.79. The second-order valence-corrected chi connectivity index (χ2v) is 3.51. The normalized spacial score (nSPS) is 10.8. The van der Waals surface area contributed by atoms with E-state index in [1.54, 1.807) is 18.3 Å². The number of pyridine rings is 1. The number of allylic oxidation sites excluding steroid dienone is 1. The number of nitrogens with zero attached hydrogens (tertiary/aromatic N) is 1. The zero-order valence-electron chi connectivity index (χ0n) is 8.40. The molecule has 0 aromatic carbocycles. The van der Waals surface area contributed by atoms with Gasteiger partial charge in [-0.2, -0.15) is 0 Å². The van der Waals surface area contributed by atoms with E-state index in [9.17, 15) is 4.79 Å². The molecule has 3 nitrogen and oxygen atoms in total. The van der Waals surface area contributed by atoms with E-state index in [4.69, 9.17) is 16.7 Å². The van der Waals surface area contributed by atoms with Crippen LogP contribution in [-0.2, 0) is 0 Å². The Bertz CT molecular complexity index is 388. The number of carboxylic acid groups (broad SMARTS) is 1. The first-order valence-corrected chi connectivity index (χ1v) is 5.11. The number of halogens is 1. The van der Waals surface area contributed by atoms with Gasteiger partial charge in [0.15, 0.2) is 5.69 Å². The van der Waals surface area contributed by atoms with E-state index in [0.717, 1.165) is 5.56 Å². The second kappa shape index (κ2) is 5.51. The first-order chi connectivity index (χ1) is 7.15. The highest BCUT2D eigenvalue weighted by Crippen LogP contribution is 2.11. The Morgan fingerprint density at radius 2 is 2.40 bits per heavy atom. The van der Waals surface area contributed by atoms with Crippen LogP contribution >= 0.6 is 11.6 Å². The highest BCUT2D eigenvalue weighted by Gasteiger charge is 2.08. The molecule has 4 heteroatoms. The van der Waals surface area contributed by atoms with Crippen molar-refractivity contribution in [3.8, 4) is 0 Å². The molecule has 0 atom stereocenters. The lowest BCUT2D eigenvalue weighted by molar-refractivity contribution is 0.0690. The van der Waals surface area contributed by atoms with E-state index in [2.05, 4.69) is 4.98 Å². The molecule has 1 aromatic rings. The van der Waals surface area contributed by atoms with E-state index in [0.29, 0.717) is 17.9 Å². The van der Waals surface area contributed by atoms with Crippen LogP contribution in [-0.4, -0.2) is 21.9 Å². The Kier molecular flexibility index (Phi) is 4.31. The summed E-state index contributed by atoms with van der Waals surface area (Å²) in [6.07, 6.45) is 5.85. The molecule has 0 unspecified atom stereocenters. The zero-order valence-corrected chi connectivity index (χ0v) is 9.16. The van der Waals surface area contributed by atoms with E-state index in [1.807, 2.05) is 13.0 Å². The maximum absolute atomic E-state index is 10.8. The number of aromatic carboxylic acids is 1. The number of rotatable bonds is 4. The average Bonchev–Trinajstić information content (AvgIpc) is 2.18. The van der Waals surface area contributed by atoms with Crippen molar-refractivity contribution in [2.24, 2.45) is 0 Å². The summed E-state index contributed by atoms with van der Waals surface area (Å²) in [5, 5.41) is 8.89. The lowest BCUT2D eigenvalue weighted by Gasteiger charge is -2.01. The third-order valence-corrected chi connectivity index (χ3v) is 2.05. The largest absolute Gasteiger partial charge is 0.476 e. The summed E-state index contributed by atoms with van der Waals surface area (Å²) < 4.78 is 0. The third-order valence-electron chi connectivity index (χ3n) is 1.83. The van der Waals surface area contributed by atoms with E-state index < -0.39 is 5.97 Å². The van der Waals surface area contributed by atoms with Crippen LogP contribution < -0.4 is 0 Å². The number of alkyl halides is 1. The molecule has 1 N–H and O–H groups in total. The summed E-state index contributed by atoms with van der Waals surface area (Å²) in [7, 11) is 0. The quantitative estimate of drug-likeness (QED) is 0.802. The summed E-state index contributed by atoms with van der Waals surface area (Å²) in [4.78, 5) is 14.7. The van der Waals surface area contributed by atoms with Crippen molar-refractivity contribution >= 4 is 23.6 Å². The molecule has 0 fully saturated rings. The molecule has 0 saturated carbocycles. The van der Waals surface area contributed by atoms with Crippen LogP contribution in [0, 0.1) is 6.92 Å². The minimum atomic E-state index is -1.01. The smallest absolute Gasteiger partial charge is 0.355 e. The molecule has 1 heterocycles. The molecule has 0 aliphatic heterocycles. The maximum atomic E-state index is 10.8. The van der Waals surface area contributed by atoms with E-state index >= 15 is 0 Å². The van der Waals surface area contributed by atoms with Gasteiger partial charge in [0.1, 0.15) is 0 Å². The maximum Gasteiger partial charge on any atom is 0.355 e. The minimum Gasteiger partial charge on any atom is -0.476 e. The predicted octanol–water partition coefficient (Wildman–Crippen LogP) is 2.73. The molecule has 0 saturated heterocycles. The zero-order chi connectivity index (χ0) is 11.3. The first kappa shape index (κ1) is 11.7. The molecule has 0 bridgehead atoms. The Labute approximate surface area is 93.4 Å². The van der Waals surface area contributed by atoms with Gasteiger partial charge in [-0.1, -0.05) is 12.2 Å². The van der Waals surface area contributed by atoms with Crippen LogP contribution in [0.15, 0.2) is 18.3 Å². The topological polar surface area (TPSA) is 50.2 Å². The Morgan fingerprint density at radius 3 is 3.00 bits per heavy atom. The van der Waals surface area contributed by atoms with Gasteiger partial charge in [0.2, 0.25) is 0 Å². The van der Waals surface area contributed by atoms with Crippen molar-refractivity contribution in [1.29, 1.82) is 0 Å². The highest BCUT2D eigenvalue weighted by atomic mass is 35.5. The van der Waals surface area contributed by atoms with Crippen molar-refractivity contribution in [2.45, 2.75) is 13.3 Å². The van der Waals surface area contributed by atoms with Crippen molar-refractivity contribution in [3.63, 3.8) is 0 Å². The van der Waals surface area contributed by atoms with Crippen LogP contribution in [0.5, 0.6) is 0 Å². The summed E-state index contributed by atoms with van der Waals surface area (Å²) >= 11 is 5.52. The molecule has 0 radical (unpaired) electrons. The van der Waals surface area contributed by atoms with Gasteiger partial charge in [0, 0.05) is 17.6 Å². The molecule has 15 heavy (non-hydrogen) atoms. The van der Waals surface area contributed by atoms with E-state index in [-0.39, 0.29) is 5.69 Å². The van der Waals surface area contributed by atoms with Crippen LogP contribution in [0.3, 0.4) is 0 Å². The molecule has 0 amide bonds. The van der Waals surface area contributed by atoms with Gasteiger partial charge in [-0.3, -0.25) is 0 Å². The third kappa shape index (κ3) is 3.36. The summed E-state index contributed by atoms with van der Waals surface area (Å²) in [5.74, 6) is -0.487. The van der Waals surface area contributed by atoms with Gasteiger partial charge < -0.3 is 5.11 Å². The Balaban J connectivity index is 3.02. The number of carbonyl (C=O) groups is 1. The molecule has 80 valence electrons. The van der Waals surface area contributed by atoms with Gasteiger partial charge in [-0.15, -0.1) is 11.6 Å². The second-order valence-electron chi connectivity index (χ2n) is 3.14. The standard InChI is InChI=1S/C11H12ClNO2/c1-8-6-9(4-2-3-5-12)10(11(14)15)13-7-8/h2,4,6-7H,3,5H2,1H3,(H,14,15). The SMILES string of the molecule is Cc1cnc(C(=O)O)c(C=CCCCl)c1. The van der Waals surface area contributed by atoms with Gasteiger partial charge >= 0.3 is 5.97 Å². The van der Waals surface area contributed by atoms with Crippen molar-refractivity contribution < 1.29 is 9.90 Å². The van der Waals surface area contributed by atoms with Crippen LogP contribution in [0.1, 0.15) is 28.0 Å². The molecular formula is C11H12ClNO2. The fraction of sp³-hybridized carbons (Fsp3) is 0.273. The number of aryl methyl sites for hydroxylation is 1. The number of aromatic nitrogens is 1. The van der Waals surface area contributed by atoms with Crippen LogP contribution in [0.25, 0.3) is 6.08 Å².